The predicted octanol–water partition coefficient (Wildman–Crippen LogP) is 7.47. The molecule has 2 atom stereocenters. The van der Waals surface area contributed by atoms with Gasteiger partial charge in [-0.3, -0.25) is 8.32 Å². The SMILES string of the molecule is CC(C)(C)[C@@H]1CCc2nc3sc(C(=O)N[C@H](CNI)c4cccc(NCc5ccccc5)c4)cc3cc2C1. The largest absolute Gasteiger partial charge is 0.381 e. The molecule has 0 unspecified atom stereocenters. The van der Waals surface area contributed by atoms with Crippen LogP contribution in [-0.4, -0.2) is 17.4 Å². The second kappa shape index (κ2) is 11.7. The summed E-state index contributed by atoms with van der Waals surface area (Å²) in [4.78, 5) is 20.0. The molecule has 4 aromatic rings. The van der Waals surface area contributed by atoms with Gasteiger partial charge in [0.05, 0.1) is 10.9 Å². The van der Waals surface area contributed by atoms with E-state index in [0.717, 1.165) is 40.9 Å². The maximum absolute atomic E-state index is 13.4. The fourth-order valence-electron chi connectivity index (χ4n) is 5.20. The number of carbonyl (C=O) groups is 1. The maximum atomic E-state index is 13.4. The van der Waals surface area contributed by atoms with Crippen molar-refractivity contribution in [3.8, 4) is 0 Å². The molecule has 38 heavy (non-hydrogen) atoms. The molecule has 0 bridgehead atoms. The average Bonchev–Trinajstić information content (AvgIpc) is 3.33. The number of pyridine rings is 1. The molecule has 1 amide bonds. The van der Waals surface area contributed by atoms with E-state index in [4.69, 9.17) is 4.98 Å². The lowest BCUT2D eigenvalue weighted by atomic mass is 9.71. The fraction of sp³-hybridized carbons (Fsp3) is 0.355. The van der Waals surface area contributed by atoms with E-state index in [9.17, 15) is 4.79 Å². The van der Waals surface area contributed by atoms with Gasteiger partial charge in [-0.1, -0.05) is 63.2 Å². The van der Waals surface area contributed by atoms with Gasteiger partial charge in [0.2, 0.25) is 0 Å². The summed E-state index contributed by atoms with van der Waals surface area (Å²) in [5, 5.41) is 7.83. The van der Waals surface area contributed by atoms with Crippen LogP contribution in [0.15, 0.2) is 66.7 Å². The van der Waals surface area contributed by atoms with Crippen LogP contribution >= 0.6 is 34.2 Å². The summed E-state index contributed by atoms with van der Waals surface area (Å²) in [6.07, 6.45) is 3.26. The second-order valence-electron chi connectivity index (χ2n) is 11.2. The van der Waals surface area contributed by atoms with E-state index in [1.807, 2.05) is 30.3 Å². The Morgan fingerprint density at radius 3 is 2.68 bits per heavy atom. The summed E-state index contributed by atoms with van der Waals surface area (Å²) in [5.41, 5.74) is 6.17. The molecule has 0 saturated carbocycles. The van der Waals surface area contributed by atoms with Gasteiger partial charge in [-0.25, -0.2) is 4.98 Å². The highest BCUT2D eigenvalue weighted by atomic mass is 127. The third kappa shape index (κ3) is 6.38. The van der Waals surface area contributed by atoms with Crippen LogP contribution < -0.4 is 14.2 Å². The number of benzene rings is 2. The first-order valence-corrected chi connectivity index (χ1v) is 15.1. The number of aromatic nitrogens is 1. The smallest absolute Gasteiger partial charge is 0.261 e. The van der Waals surface area contributed by atoms with Crippen LogP contribution in [-0.2, 0) is 19.4 Å². The summed E-state index contributed by atoms with van der Waals surface area (Å²) >= 11 is 3.63. The molecular formula is C31H35IN4OS. The number of anilines is 1. The van der Waals surface area contributed by atoms with Gasteiger partial charge in [-0.15, -0.1) is 11.3 Å². The molecule has 198 valence electrons. The van der Waals surface area contributed by atoms with Gasteiger partial charge in [0.15, 0.2) is 0 Å². The third-order valence-corrected chi connectivity index (χ3v) is 9.02. The first-order valence-electron chi connectivity index (χ1n) is 13.2. The summed E-state index contributed by atoms with van der Waals surface area (Å²) in [6.45, 7) is 8.37. The lowest BCUT2D eigenvalue weighted by molar-refractivity contribution is 0.0941. The number of fused-ring (bicyclic) bond motifs is 2. The molecule has 0 spiro atoms. The number of carbonyl (C=O) groups excluding carboxylic acids is 1. The van der Waals surface area contributed by atoms with Crippen LogP contribution in [0.5, 0.6) is 0 Å². The molecular weight excluding hydrogens is 603 g/mol. The van der Waals surface area contributed by atoms with Gasteiger partial charge in [0.25, 0.3) is 5.91 Å². The Morgan fingerprint density at radius 2 is 1.92 bits per heavy atom. The standard InChI is InChI=1S/C31H35IN4OS/c1-31(2,3)24-12-13-26-22(15-24)14-23-17-28(38-30(23)36-26)29(37)35-27(19-34-32)21-10-7-11-25(16-21)33-18-20-8-5-4-6-9-20/h4-11,14,16-17,24,27,33-34H,12-13,15,18-19H2,1-3H3,(H,35,37)/t24-,27-/m1/s1. The van der Waals surface area contributed by atoms with Crippen molar-refractivity contribution in [3.63, 3.8) is 0 Å². The Hall–Kier alpha value is -2.49. The highest BCUT2D eigenvalue weighted by Gasteiger charge is 2.30. The Morgan fingerprint density at radius 1 is 1.11 bits per heavy atom. The zero-order chi connectivity index (χ0) is 26.7. The number of nitrogens with zero attached hydrogens (tertiary/aromatic N) is 1. The van der Waals surface area contributed by atoms with Crippen molar-refractivity contribution < 1.29 is 4.79 Å². The maximum Gasteiger partial charge on any atom is 0.261 e. The van der Waals surface area contributed by atoms with Crippen LogP contribution in [0.25, 0.3) is 10.2 Å². The number of thiophene rings is 1. The van der Waals surface area contributed by atoms with Gasteiger partial charge in [-0.2, -0.15) is 0 Å². The molecule has 0 radical (unpaired) electrons. The molecule has 2 aromatic heterocycles. The Kier molecular flexibility index (Phi) is 8.35. The highest BCUT2D eigenvalue weighted by molar-refractivity contribution is 14.1. The van der Waals surface area contributed by atoms with Crippen LogP contribution in [0.3, 0.4) is 0 Å². The van der Waals surface area contributed by atoms with E-state index >= 15 is 0 Å². The van der Waals surface area contributed by atoms with Crippen molar-refractivity contribution in [2.24, 2.45) is 11.3 Å². The Labute approximate surface area is 243 Å². The van der Waals surface area contributed by atoms with Crippen molar-refractivity contribution in [1.29, 1.82) is 0 Å². The van der Waals surface area contributed by atoms with E-state index in [0.29, 0.717) is 22.8 Å². The third-order valence-electron chi connectivity index (χ3n) is 7.54. The minimum absolute atomic E-state index is 0.0576. The van der Waals surface area contributed by atoms with Crippen molar-refractivity contribution in [1.82, 2.24) is 13.8 Å². The average molecular weight is 639 g/mol. The Balaban J connectivity index is 1.31. The first kappa shape index (κ1) is 27.1. The van der Waals surface area contributed by atoms with Crippen molar-refractivity contribution in [2.75, 3.05) is 11.9 Å². The van der Waals surface area contributed by atoms with Crippen LogP contribution in [0, 0.1) is 11.3 Å². The number of rotatable bonds is 8. The second-order valence-corrected chi connectivity index (χ2v) is 13.0. The molecule has 5 nitrogen and oxygen atoms in total. The lowest BCUT2D eigenvalue weighted by Gasteiger charge is -2.34. The topological polar surface area (TPSA) is 66.0 Å². The number of halogens is 1. The quantitative estimate of drug-likeness (QED) is 0.138. The zero-order valence-electron chi connectivity index (χ0n) is 22.2. The molecule has 7 heteroatoms. The van der Waals surface area contributed by atoms with E-state index in [1.54, 1.807) is 0 Å². The molecule has 0 aliphatic heterocycles. The van der Waals surface area contributed by atoms with Crippen molar-refractivity contribution in [3.05, 3.63) is 94.0 Å². The molecule has 5 rings (SSSR count). The fourth-order valence-corrected chi connectivity index (χ4v) is 6.58. The molecule has 2 aromatic carbocycles. The normalized spacial score (nSPS) is 16.2. The van der Waals surface area contributed by atoms with Gasteiger partial charge in [0.1, 0.15) is 4.83 Å². The summed E-state index contributed by atoms with van der Waals surface area (Å²) in [7, 11) is 0. The van der Waals surface area contributed by atoms with E-state index < -0.39 is 0 Å². The zero-order valence-corrected chi connectivity index (χ0v) is 25.2. The van der Waals surface area contributed by atoms with Crippen molar-refractivity contribution in [2.45, 2.75) is 52.6 Å². The minimum atomic E-state index is -0.156. The Bertz CT molecular complexity index is 1410. The number of hydrogen-bond donors (Lipinski definition) is 3. The number of hydrogen-bond acceptors (Lipinski definition) is 5. The summed E-state index contributed by atoms with van der Waals surface area (Å²) in [5.74, 6) is 0.605. The van der Waals surface area contributed by atoms with Crippen LogP contribution in [0.4, 0.5) is 5.69 Å². The minimum Gasteiger partial charge on any atom is -0.381 e. The van der Waals surface area contributed by atoms with Crippen molar-refractivity contribution >= 4 is 56.0 Å². The highest BCUT2D eigenvalue weighted by Crippen LogP contribution is 2.38. The van der Waals surface area contributed by atoms with Gasteiger partial charge in [0, 0.05) is 52.7 Å². The first-order chi connectivity index (χ1) is 18.3. The molecule has 0 fully saturated rings. The number of nitrogens with one attached hydrogen (secondary N) is 3. The van der Waals surface area contributed by atoms with Gasteiger partial charge >= 0.3 is 0 Å². The molecule has 0 saturated heterocycles. The summed E-state index contributed by atoms with van der Waals surface area (Å²) in [6, 6.07) is 22.8. The van der Waals surface area contributed by atoms with Gasteiger partial charge < -0.3 is 10.6 Å². The number of aryl methyl sites for hydroxylation is 1. The number of amides is 1. The monoisotopic (exact) mass is 638 g/mol. The van der Waals surface area contributed by atoms with Gasteiger partial charge in [-0.05, 0) is 71.6 Å². The van der Waals surface area contributed by atoms with E-state index in [-0.39, 0.29) is 11.9 Å². The lowest BCUT2D eigenvalue weighted by Crippen LogP contribution is -2.33. The van der Waals surface area contributed by atoms with E-state index in [2.05, 4.69) is 94.2 Å². The molecule has 1 aliphatic carbocycles. The summed E-state index contributed by atoms with van der Waals surface area (Å²) < 4.78 is 3.21. The molecule has 2 heterocycles. The predicted molar refractivity (Wildman–Crippen MR) is 167 cm³/mol. The van der Waals surface area contributed by atoms with Crippen LogP contribution in [0.1, 0.15) is 65.3 Å². The molecule has 3 N–H and O–H groups in total. The van der Waals surface area contributed by atoms with E-state index in [1.165, 1.54) is 34.6 Å². The molecule has 1 aliphatic rings. The van der Waals surface area contributed by atoms with Crippen LogP contribution in [0.2, 0.25) is 0 Å².